The Kier molecular flexibility index (Phi) is 6.90. The number of carbonyl (C=O) groups excluding carboxylic acids is 1. The number of imidazole rings is 1. The molecule has 1 N–H and O–H groups in total. The van der Waals surface area contributed by atoms with Gasteiger partial charge in [-0.3, -0.25) is 4.79 Å². The van der Waals surface area contributed by atoms with Gasteiger partial charge in [-0.25, -0.2) is 17.7 Å². The zero-order valence-electron chi connectivity index (χ0n) is 19.3. The summed E-state index contributed by atoms with van der Waals surface area (Å²) in [7, 11) is 2.93. The third kappa shape index (κ3) is 4.78. The summed E-state index contributed by atoms with van der Waals surface area (Å²) >= 11 is 0. The highest BCUT2D eigenvalue weighted by Crippen LogP contribution is 2.26. The Hall–Kier alpha value is -2.91. The number of nitrogens with one attached hydrogen (secondary N) is 1. The van der Waals surface area contributed by atoms with Crippen molar-refractivity contribution >= 4 is 27.0 Å². The molecule has 0 aliphatic carbocycles. The highest BCUT2D eigenvalue weighted by Gasteiger charge is 2.20. The van der Waals surface area contributed by atoms with E-state index in [1.54, 1.807) is 25.3 Å². The van der Waals surface area contributed by atoms with Gasteiger partial charge in [0.05, 0.1) is 29.1 Å². The molecule has 172 valence electrons. The van der Waals surface area contributed by atoms with Gasteiger partial charge in [0, 0.05) is 39.5 Å². The summed E-state index contributed by atoms with van der Waals surface area (Å²) in [6.45, 7) is 3.93. The molecule has 0 bridgehead atoms. The molecule has 1 aromatic heterocycles. The average molecular weight is 459 g/mol. The van der Waals surface area contributed by atoms with Crippen molar-refractivity contribution in [1.82, 2.24) is 19.2 Å². The van der Waals surface area contributed by atoms with Crippen molar-refractivity contribution in [1.29, 1.82) is 0 Å². The largest absolute Gasteiger partial charge is 0.496 e. The monoisotopic (exact) mass is 458 g/mol. The minimum Gasteiger partial charge on any atom is -0.496 e. The molecule has 1 atom stereocenters. The fourth-order valence-electron chi connectivity index (χ4n) is 3.63. The topological polar surface area (TPSA) is 93.5 Å². The van der Waals surface area contributed by atoms with Crippen LogP contribution in [0, 0.1) is 6.92 Å². The van der Waals surface area contributed by atoms with Crippen LogP contribution < -0.4 is 10.1 Å². The third-order valence-corrected chi connectivity index (χ3v) is 7.34. The minimum absolute atomic E-state index is 0.0935. The first-order chi connectivity index (χ1) is 15.0. The van der Waals surface area contributed by atoms with Gasteiger partial charge >= 0.3 is 0 Å². The average Bonchev–Trinajstić information content (AvgIpc) is 3.07. The van der Waals surface area contributed by atoms with Crippen LogP contribution in [0.3, 0.4) is 0 Å². The predicted molar refractivity (Wildman–Crippen MR) is 124 cm³/mol. The minimum atomic E-state index is -3.54. The maximum Gasteiger partial charge on any atom is 0.242 e. The van der Waals surface area contributed by atoms with Crippen molar-refractivity contribution < 1.29 is 17.9 Å². The van der Waals surface area contributed by atoms with Crippen LogP contribution in [0.25, 0.3) is 11.0 Å². The standard InChI is InChI=1S/C23H30N4O4S/c1-15-7-10-21(31-6)18(13-15)16(2)24-23(28)12-11-22-25-19-14-17(32(29,30)26(3)4)8-9-20(19)27(22)5/h7-10,13-14,16H,11-12H2,1-6H3,(H,24,28). The Balaban J connectivity index is 1.72. The molecule has 0 spiro atoms. The number of fused-ring (bicyclic) bond motifs is 1. The molecule has 1 unspecified atom stereocenters. The summed E-state index contributed by atoms with van der Waals surface area (Å²) in [5.41, 5.74) is 3.43. The Morgan fingerprint density at radius 3 is 2.59 bits per heavy atom. The molecular formula is C23H30N4O4S. The number of carbonyl (C=O) groups is 1. The molecule has 0 radical (unpaired) electrons. The van der Waals surface area contributed by atoms with Crippen LogP contribution >= 0.6 is 0 Å². The maximum atomic E-state index is 12.6. The van der Waals surface area contributed by atoms with E-state index in [2.05, 4.69) is 10.3 Å². The molecule has 3 rings (SSSR count). The molecule has 0 fully saturated rings. The molecule has 0 saturated heterocycles. The van der Waals surface area contributed by atoms with Gasteiger partial charge in [-0.1, -0.05) is 17.7 Å². The summed E-state index contributed by atoms with van der Waals surface area (Å²) in [6, 6.07) is 10.6. The lowest BCUT2D eigenvalue weighted by atomic mass is 10.0. The van der Waals surface area contributed by atoms with Gasteiger partial charge in [0.2, 0.25) is 15.9 Å². The number of nitrogens with zero attached hydrogens (tertiary/aromatic N) is 3. The van der Waals surface area contributed by atoms with E-state index in [0.29, 0.717) is 11.9 Å². The second-order valence-electron chi connectivity index (χ2n) is 8.06. The van der Waals surface area contributed by atoms with Gasteiger partial charge in [-0.15, -0.1) is 0 Å². The van der Waals surface area contributed by atoms with Crippen molar-refractivity contribution in [2.75, 3.05) is 21.2 Å². The Morgan fingerprint density at radius 2 is 1.94 bits per heavy atom. The summed E-state index contributed by atoms with van der Waals surface area (Å²) in [5.74, 6) is 1.36. The highest BCUT2D eigenvalue weighted by molar-refractivity contribution is 7.89. The molecule has 32 heavy (non-hydrogen) atoms. The van der Waals surface area contributed by atoms with E-state index in [4.69, 9.17) is 4.74 Å². The quantitative estimate of drug-likeness (QED) is 0.560. The lowest BCUT2D eigenvalue weighted by Crippen LogP contribution is -2.27. The molecule has 3 aromatic rings. The molecule has 0 aliphatic rings. The van der Waals surface area contributed by atoms with Crippen molar-refractivity contribution in [3.8, 4) is 5.75 Å². The molecular weight excluding hydrogens is 428 g/mol. The van der Waals surface area contributed by atoms with Crippen LogP contribution in [-0.2, 0) is 28.3 Å². The van der Waals surface area contributed by atoms with E-state index in [0.717, 1.165) is 28.2 Å². The first-order valence-corrected chi connectivity index (χ1v) is 11.8. The number of hydrogen-bond acceptors (Lipinski definition) is 5. The maximum absolute atomic E-state index is 12.6. The number of sulfonamides is 1. The van der Waals surface area contributed by atoms with Crippen LogP contribution in [0.15, 0.2) is 41.3 Å². The number of hydrogen-bond donors (Lipinski definition) is 1. The number of methoxy groups -OCH3 is 1. The van der Waals surface area contributed by atoms with Gasteiger partial charge in [0.1, 0.15) is 11.6 Å². The molecule has 0 saturated carbocycles. The number of aryl methyl sites for hydroxylation is 3. The van der Waals surface area contributed by atoms with Crippen LogP contribution in [0.5, 0.6) is 5.75 Å². The number of benzene rings is 2. The van der Waals surface area contributed by atoms with Crippen molar-refractivity contribution in [3.05, 3.63) is 53.3 Å². The molecule has 9 heteroatoms. The van der Waals surface area contributed by atoms with Crippen molar-refractivity contribution in [2.45, 2.75) is 37.6 Å². The lowest BCUT2D eigenvalue weighted by molar-refractivity contribution is -0.121. The summed E-state index contributed by atoms with van der Waals surface area (Å²) in [5, 5.41) is 3.02. The number of rotatable bonds is 8. The molecule has 8 nitrogen and oxygen atoms in total. The summed E-state index contributed by atoms with van der Waals surface area (Å²) < 4.78 is 33.3. The number of aromatic nitrogens is 2. The van der Waals surface area contributed by atoms with Crippen LogP contribution in [0.1, 0.15) is 36.3 Å². The fraction of sp³-hybridized carbons (Fsp3) is 0.391. The number of amides is 1. The van der Waals surface area contributed by atoms with E-state index >= 15 is 0 Å². The molecule has 1 amide bonds. The molecule has 1 heterocycles. The Morgan fingerprint density at radius 1 is 1.22 bits per heavy atom. The van der Waals surface area contributed by atoms with Crippen molar-refractivity contribution in [2.24, 2.45) is 7.05 Å². The highest BCUT2D eigenvalue weighted by atomic mass is 32.2. The second-order valence-corrected chi connectivity index (χ2v) is 10.2. The third-order valence-electron chi connectivity index (χ3n) is 5.53. The van der Waals surface area contributed by atoms with Gasteiger partial charge in [0.15, 0.2) is 0 Å². The van der Waals surface area contributed by atoms with E-state index in [-0.39, 0.29) is 23.3 Å². The SMILES string of the molecule is COc1ccc(C)cc1C(C)NC(=O)CCc1nc2cc(S(=O)(=O)N(C)C)ccc2n1C. The van der Waals surface area contributed by atoms with Crippen molar-refractivity contribution in [3.63, 3.8) is 0 Å². The van der Waals surface area contributed by atoms with E-state index < -0.39 is 10.0 Å². The van der Waals surface area contributed by atoms with E-state index in [9.17, 15) is 13.2 Å². The van der Waals surface area contributed by atoms with Crippen LogP contribution in [0.4, 0.5) is 0 Å². The van der Waals surface area contributed by atoms with Gasteiger partial charge in [-0.2, -0.15) is 0 Å². The second kappa shape index (κ2) is 9.30. The summed E-state index contributed by atoms with van der Waals surface area (Å²) in [6.07, 6.45) is 0.697. The smallest absolute Gasteiger partial charge is 0.242 e. The van der Waals surface area contributed by atoms with E-state index in [1.807, 2.05) is 43.7 Å². The van der Waals surface area contributed by atoms with Gasteiger partial charge in [0.25, 0.3) is 0 Å². The normalized spacial score (nSPS) is 12.8. The Labute approximate surface area is 189 Å². The zero-order chi connectivity index (χ0) is 23.6. The molecule has 2 aromatic carbocycles. The first-order valence-electron chi connectivity index (χ1n) is 10.4. The lowest BCUT2D eigenvalue weighted by Gasteiger charge is -2.18. The van der Waals surface area contributed by atoms with Crippen LogP contribution in [0.2, 0.25) is 0 Å². The van der Waals surface area contributed by atoms with Gasteiger partial charge < -0.3 is 14.6 Å². The van der Waals surface area contributed by atoms with Crippen LogP contribution in [-0.4, -0.2) is 49.4 Å². The first kappa shape index (κ1) is 23.7. The Bertz CT molecular complexity index is 1250. The fourth-order valence-corrected chi connectivity index (χ4v) is 4.56. The van der Waals surface area contributed by atoms with E-state index in [1.165, 1.54) is 18.4 Å². The molecule has 0 aliphatic heterocycles. The summed E-state index contributed by atoms with van der Waals surface area (Å²) in [4.78, 5) is 17.4. The van der Waals surface area contributed by atoms with Gasteiger partial charge in [-0.05, 0) is 38.1 Å². The zero-order valence-corrected chi connectivity index (χ0v) is 20.2. The number of ether oxygens (including phenoxy) is 1. The predicted octanol–water partition coefficient (Wildman–Crippen LogP) is 2.95.